The molecule has 0 bridgehead atoms. The number of fused-ring (bicyclic) bond motifs is 1. The van der Waals surface area contributed by atoms with Crippen LogP contribution in [-0.2, 0) is 4.79 Å². The quantitative estimate of drug-likeness (QED) is 0.804. The van der Waals surface area contributed by atoms with E-state index in [1.54, 1.807) is 0 Å². The molecule has 2 rings (SSSR count). The minimum absolute atomic E-state index is 0.0195. The molecule has 1 aliphatic heterocycles. The van der Waals surface area contributed by atoms with Gasteiger partial charge in [0.25, 0.3) is 5.75 Å². The molecular weight excluding hydrogens is 324 g/mol. The Balaban J connectivity index is 2.66. The van der Waals surface area contributed by atoms with Crippen LogP contribution in [0.5, 0.6) is 11.5 Å². The summed E-state index contributed by atoms with van der Waals surface area (Å²) in [5.41, 5.74) is -0.997. The van der Waals surface area contributed by atoms with Crippen molar-refractivity contribution in [2.75, 3.05) is 0 Å². The van der Waals surface area contributed by atoms with Crippen molar-refractivity contribution in [1.82, 2.24) is 0 Å². The Kier molecular flexibility index (Phi) is 3.51. The van der Waals surface area contributed by atoms with E-state index < -0.39 is 34.6 Å². The molecule has 9 heteroatoms. The zero-order valence-electron chi connectivity index (χ0n) is 9.39. The van der Waals surface area contributed by atoms with E-state index in [0.29, 0.717) is 0 Å². The SMILES string of the molecule is O=C(O)C1=Cc2cc(Cl)c([OH2+])c(Cl)c2OC1C(F)(F)F. The molecule has 1 aliphatic rings. The van der Waals surface area contributed by atoms with E-state index in [4.69, 9.17) is 33.4 Å². The summed E-state index contributed by atoms with van der Waals surface area (Å²) in [7, 11) is 0. The van der Waals surface area contributed by atoms with Gasteiger partial charge in [-0.15, -0.1) is 0 Å². The summed E-state index contributed by atoms with van der Waals surface area (Å²) in [6.07, 6.45) is -6.78. The molecular formula is C11H6Cl2F3O4+. The van der Waals surface area contributed by atoms with Crippen molar-refractivity contribution in [3.63, 3.8) is 0 Å². The van der Waals surface area contributed by atoms with Crippen LogP contribution >= 0.6 is 23.2 Å². The highest BCUT2D eigenvalue weighted by molar-refractivity contribution is 6.38. The maximum Gasteiger partial charge on any atom is 0.430 e. The molecule has 0 saturated carbocycles. The third kappa shape index (κ3) is 2.38. The zero-order chi connectivity index (χ0) is 15.2. The topological polar surface area (TPSA) is 69.4 Å². The molecule has 0 amide bonds. The average molecular weight is 330 g/mol. The van der Waals surface area contributed by atoms with E-state index in [0.717, 1.165) is 12.1 Å². The first kappa shape index (κ1) is 14.8. The van der Waals surface area contributed by atoms with Crippen molar-refractivity contribution in [3.05, 3.63) is 27.2 Å². The van der Waals surface area contributed by atoms with E-state index in [1.165, 1.54) is 0 Å². The second-order valence-corrected chi connectivity index (χ2v) is 4.70. The number of halogens is 5. The number of aliphatic carboxylic acids is 1. The number of ether oxygens (including phenoxy) is 1. The zero-order valence-corrected chi connectivity index (χ0v) is 10.9. The van der Waals surface area contributed by atoms with Gasteiger partial charge in [0.2, 0.25) is 6.10 Å². The summed E-state index contributed by atoms with van der Waals surface area (Å²) in [5, 5.41) is 15.8. The van der Waals surface area contributed by atoms with Crippen LogP contribution in [0.15, 0.2) is 11.6 Å². The van der Waals surface area contributed by atoms with Crippen LogP contribution in [0.2, 0.25) is 10.0 Å². The molecule has 4 nitrogen and oxygen atoms in total. The Labute approximate surface area is 120 Å². The van der Waals surface area contributed by atoms with Gasteiger partial charge in [0.15, 0.2) is 10.8 Å². The van der Waals surface area contributed by atoms with Crippen molar-refractivity contribution in [1.29, 1.82) is 0 Å². The highest BCUT2D eigenvalue weighted by atomic mass is 35.5. The van der Waals surface area contributed by atoms with Crippen LogP contribution in [-0.4, -0.2) is 28.5 Å². The van der Waals surface area contributed by atoms with Crippen LogP contribution in [0.4, 0.5) is 13.2 Å². The van der Waals surface area contributed by atoms with E-state index >= 15 is 0 Å². The number of benzene rings is 1. The normalized spacial score (nSPS) is 18.1. The molecule has 1 heterocycles. The smallest absolute Gasteiger partial charge is 0.430 e. The summed E-state index contributed by atoms with van der Waals surface area (Å²) < 4.78 is 43.1. The number of hydrogen-bond acceptors (Lipinski definition) is 2. The largest absolute Gasteiger partial charge is 0.591 e. The lowest BCUT2D eigenvalue weighted by Gasteiger charge is -2.27. The van der Waals surface area contributed by atoms with Crippen LogP contribution < -0.4 is 4.74 Å². The number of carboxylic acid groups (broad SMARTS) is 1. The van der Waals surface area contributed by atoms with Gasteiger partial charge in [-0.1, -0.05) is 23.2 Å². The Morgan fingerprint density at radius 3 is 2.50 bits per heavy atom. The summed E-state index contributed by atoms with van der Waals surface area (Å²) >= 11 is 11.4. The fourth-order valence-corrected chi connectivity index (χ4v) is 2.20. The number of carbonyl (C=O) groups is 1. The summed E-state index contributed by atoms with van der Waals surface area (Å²) in [6.45, 7) is 0. The first-order valence-corrected chi connectivity index (χ1v) is 5.80. The molecule has 1 unspecified atom stereocenters. The molecule has 1 atom stereocenters. The molecule has 3 N–H and O–H groups in total. The van der Waals surface area contributed by atoms with Gasteiger partial charge in [-0.2, -0.15) is 13.2 Å². The second-order valence-electron chi connectivity index (χ2n) is 3.91. The maximum absolute atomic E-state index is 12.8. The van der Waals surface area contributed by atoms with Gasteiger partial charge >= 0.3 is 12.1 Å². The maximum atomic E-state index is 12.8. The molecule has 108 valence electrons. The summed E-state index contributed by atoms with van der Waals surface area (Å²) in [6, 6.07) is 1.13. The van der Waals surface area contributed by atoms with Crippen molar-refractivity contribution < 1.29 is 32.9 Å². The predicted octanol–water partition coefficient (Wildman–Crippen LogP) is 3.22. The molecule has 0 aromatic heterocycles. The summed E-state index contributed by atoms with van der Waals surface area (Å²) in [4.78, 5) is 10.9. The van der Waals surface area contributed by atoms with Gasteiger partial charge in [-0.25, -0.2) is 4.79 Å². The van der Waals surface area contributed by atoms with Crippen molar-refractivity contribution in [2.24, 2.45) is 0 Å². The molecule has 0 radical (unpaired) electrons. The van der Waals surface area contributed by atoms with Crippen LogP contribution in [0, 0.1) is 0 Å². The number of hydrogen-bond donors (Lipinski definition) is 1. The van der Waals surface area contributed by atoms with E-state index in [-0.39, 0.29) is 16.3 Å². The molecule has 0 saturated heterocycles. The lowest BCUT2D eigenvalue weighted by atomic mass is 10.0. The standard InChI is InChI=1S/C11H5Cl2F3O4/c12-5-2-3-1-4(10(18)19)9(11(14,15)16)20-8(3)6(13)7(5)17/h1-2,9,17H,(H,18,19)/p+1. The average Bonchev–Trinajstić information content (AvgIpc) is 2.33. The number of alkyl halides is 3. The fourth-order valence-electron chi connectivity index (χ4n) is 1.69. The van der Waals surface area contributed by atoms with Gasteiger partial charge in [-0.05, 0) is 12.1 Å². The summed E-state index contributed by atoms with van der Waals surface area (Å²) in [5.74, 6) is -2.56. The molecule has 0 aliphatic carbocycles. The lowest BCUT2D eigenvalue weighted by molar-refractivity contribution is -0.187. The van der Waals surface area contributed by atoms with Crippen LogP contribution in [0.3, 0.4) is 0 Å². The van der Waals surface area contributed by atoms with Crippen molar-refractivity contribution in [2.45, 2.75) is 12.3 Å². The van der Waals surface area contributed by atoms with Crippen LogP contribution in [0.25, 0.3) is 6.08 Å². The monoisotopic (exact) mass is 329 g/mol. The Morgan fingerprint density at radius 1 is 1.40 bits per heavy atom. The van der Waals surface area contributed by atoms with E-state index in [1.807, 2.05) is 0 Å². The molecule has 0 spiro atoms. The Bertz CT molecular complexity index is 625. The third-order valence-corrected chi connectivity index (χ3v) is 3.23. The number of carboxylic acids is 1. The van der Waals surface area contributed by atoms with Crippen molar-refractivity contribution in [3.8, 4) is 11.5 Å². The molecule has 0 fully saturated rings. The fraction of sp³-hybridized carbons (Fsp3) is 0.182. The van der Waals surface area contributed by atoms with Gasteiger partial charge in [0.05, 0.1) is 5.57 Å². The van der Waals surface area contributed by atoms with E-state index in [9.17, 15) is 18.0 Å². The highest BCUT2D eigenvalue weighted by Crippen LogP contribution is 2.47. The number of rotatable bonds is 1. The minimum Gasteiger partial charge on any atom is -0.591 e. The Hall–Kier alpha value is -1.60. The lowest BCUT2D eigenvalue weighted by Crippen LogP contribution is -2.40. The van der Waals surface area contributed by atoms with Gasteiger partial charge < -0.3 is 14.9 Å². The van der Waals surface area contributed by atoms with Crippen LogP contribution in [0.1, 0.15) is 5.56 Å². The first-order chi connectivity index (χ1) is 9.12. The van der Waals surface area contributed by atoms with Gasteiger partial charge in [0, 0.05) is 5.56 Å². The van der Waals surface area contributed by atoms with Gasteiger partial charge in [0.1, 0.15) is 5.02 Å². The predicted molar refractivity (Wildman–Crippen MR) is 65.6 cm³/mol. The minimum atomic E-state index is -4.92. The third-order valence-electron chi connectivity index (χ3n) is 2.58. The molecule has 20 heavy (non-hydrogen) atoms. The van der Waals surface area contributed by atoms with E-state index in [2.05, 4.69) is 4.74 Å². The Morgan fingerprint density at radius 2 is 2.00 bits per heavy atom. The molecule has 1 aromatic rings. The highest BCUT2D eigenvalue weighted by Gasteiger charge is 2.49. The first-order valence-electron chi connectivity index (χ1n) is 5.04. The van der Waals surface area contributed by atoms with Crippen molar-refractivity contribution >= 4 is 35.2 Å². The van der Waals surface area contributed by atoms with Gasteiger partial charge in [-0.3, -0.25) is 0 Å². The molecule has 1 aromatic carbocycles. The second kappa shape index (κ2) is 4.75.